The molecule has 0 bridgehead atoms. The molecule has 4 nitrogen and oxygen atoms in total. The summed E-state index contributed by atoms with van der Waals surface area (Å²) in [6.07, 6.45) is 0. The van der Waals surface area contributed by atoms with E-state index < -0.39 is 12.4 Å². The van der Waals surface area contributed by atoms with Crippen LogP contribution in [-0.4, -0.2) is 13.7 Å². The number of nitrogens with two attached hydrogens (primary N) is 1. The third-order valence-electron chi connectivity index (χ3n) is 2.68. The van der Waals surface area contributed by atoms with Crippen molar-refractivity contribution in [1.82, 2.24) is 0 Å². The summed E-state index contributed by atoms with van der Waals surface area (Å²) >= 11 is 0. The predicted octanol–water partition coefficient (Wildman–Crippen LogP) is 3.76. The molecule has 0 fully saturated rings. The van der Waals surface area contributed by atoms with Crippen LogP contribution < -0.4 is 20.5 Å². The number of anilines is 3. The SMILES string of the molecule is COc1cc(Nc2ccc(OC(F)F)cc2)c(F)cc1N. The molecular weight excluding hydrogens is 285 g/mol. The van der Waals surface area contributed by atoms with E-state index in [1.807, 2.05) is 0 Å². The summed E-state index contributed by atoms with van der Waals surface area (Å²) in [4.78, 5) is 0. The third-order valence-corrected chi connectivity index (χ3v) is 2.68. The van der Waals surface area contributed by atoms with Crippen molar-refractivity contribution >= 4 is 17.1 Å². The lowest BCUT2D eigenvalue weighted by molar-refractivity contribution is -0.0498. The van der Waals surface area contributed by atoms with E-state index in [1.165, 1.54) is 37.4 Å². The minimum Gasteiger partial charge on any atom is -0.495 e. The fourth-order valence-corrected chi connectivity index (χ4v) is 1.72. The van der Waals surface area contributed by atoms with Crippen LogP contribution in [0.1, 0.15) is 0 Å². The van der Waals surface area contributed by atoms with Gasteiger partial charge in [0.15, 0.2) is 0 Å². The number of halogens is 3. The average molecular weight is 298 g/mol. The zero-order valence-electron chi connectivity index (χ0n) is 11.1. The van der Waals surface area contributed by atoms with Gasteiger partial charge in [0.1, 0.15) is 17.3 Å². The van der Waals surface area contributed by atoms with Gasteiger partial charge in [0.05, 0.1) is 18.5 Å². The standard InChI is InChI=1S/C14H13F3N2O2/c1-20-13-7-12(10(15)6-11(13)18)19-8-2-4-9(5-3-8)21-14(16)17/h2-7,14,19H,18H2,1H3. The van der Waals surface area contributed by atoms with Gasteiger partial charge in [-0.05, 0) is 24.3 Å². The number of benzene rings is 2. The lowest BCUT2D eigenvalue weighted by Gasteiger charge is -2.12. The highest BCUT2D eigenvalue weighted by Gasteiger charge is 2.09. The lowest BCUT2D eigenvalue weighted by Crippen LogP contribution is -2.02. The second-order valence-corrected chi connectivity index (χ2v) is 4.10. The van der Waals surface area contributed by atoms with E-state index in [0.717, 1.165) is 6.07 Å². The molecule has 0 aliphatic rings. The fraction of sp³-hybridized carbons (Fsp3) is 0.143. The van der Waals surface area contributed by atoms with Gasteiger partial charge in [-0.3, -0.25) is 0 Å². The van der Waals surface area contributed by atoms with Gasteiger partial charge in [0.25, 0.3) is 0 Å². The van der Waals surface area contributed by atoms with Gasteiger partial charge >= 0.3 is 6.61 Å². The van der Waals surface area contributed by atoms with Crippen molar-refractivity contribution in [3.63, 3.8) is 0 Å². The minimum atomic E-state index is -2.89. The first-order chi connectivity index (χ1) is 9.99. The van der Waals surface area contributed by atoms with E-state index in [4.69, 9.17) is 10.5 Å². The molecule has 0 amide bonds. The second-order valence-electron chi connectivity index (χ2n) is 4.10. The molecule has 0 saturated heterocycles. The summed E-state index contributed by atoms with van der Waals surface area (Å²) in [6, 6.07) is 8.21. The summed E-state index contributed by atoms with van der Waals surface area (Å²) in [5, 5.41) is 2.80. The lowest BCUT2D eigenvalue weighted by atomic mass is 10.2. The number of hydrogen-bond donors (Lipinski definition) is 2. The van der Waals surface area contributed by atoms with Crippen LogP contribution in [-0.2, 0) is 0 Å². The summed E-state index contributed by atoms with van der Waals surface area (Å²) in [5.41, 5.74) is 6.42. The highest BCUT2D eigenvalue weighted by molar-refractivity contribution is 5.67. The largest absolute Gasteiger partial charge is 0.495 e. The first kappa shape index (κ1) is 14.8. The molecular formula is C14H13F3N2O2. The normalized spacial score (nSPS) is 10.5. The van der Waals surface area contributed by atoms with Crippen molar-refractivity contribution < 1.29 is 22.6 Å². The van der Waals surface area contributed by atoms with Crippen molar-refractivity contribution in [3.8, 4) is 11.5 Å². The van der Waals surface area contributed by atoms with Gasteiger partial charge < -0.3 is 20.5 Å². The Morgan fingerprint density at radius 3 is 2.38 bits per heavy atom. The van der Waals surface area contributed by atoms with E-state index in [1.54, 1.807) is 0 Å². The van der Waals surface area contributed by atoms with Crippen LogP contribution in [0.25, 0.3) is 0 Å². The maximum atomic E-state index is 13.8. The molecule has 0 spiro atoms. The molecule has 0 unspecified atom stereocenters. The van der Waals surface area contributed by atoms with Crippen molar-refractivity contribution in [3.05, 3.63) is 42.2 Å². The van der Waals surface area contributed by atoms with Gasteiger partial charge in [0, 0.05) is 17.8 Å². The fourth-order valence-electron chi connectivity index (χ4n) is 1.72. The first-order valence-electron chi connectivity index (χ1n) is 5.94. The Morgan fingerprint density at radius 1 is 1.14 bits per heavy atom. The Morgan fingerprint density at radius 2 is 1.81 bits per heavy atom. The quantitative estimate of drug-likeness (QED) is 0.825. The number of alkyl halides is 2. The molecule has 7 heteroatoms. The zero-order chi connectivity index (χ0) is 15.4. The monoisotopic (exact) mass is 298 g/mol. The first-order valence-corrected chi connectivity index (χ1v) is 5.94. The zero-order valence-corrected chi connectivity index (χ0v) is 11.1. The van der Waals surface area contributed by atoms with Crippen LogP contribution in [0.2, 0.25) is 0 Å². The summed E-state index contributed by atoms with van der Waals surface area (Å²) in [5.74, 6) is -0.205. The second kappa shape index (κ2) is 6.25. The molecule has 112 valence electrons. The molecule has 2 aromatic rings. The van der Waals surface area contributed by atoms with Gasteiger partial charge in [-0.1, -0.05) is 0 Å². The Kier molecular flexibility index (Phi) is 4.42. The van der Waals surface area contributed by atoms with Crippen LogP contribution in [0.15, 0.2) is 36.4 Å². The average Bonchev–Trinajstić information content (AvgIpc) is 2.43. The Balaban J connectivity index is 2.18. The number of nitrogen functional groups attached to an aromatic ring is 1. The predicted molar refractivity (Wildman–Crippen MR) is 73.7 cm³/mol. The molecule has 0 aromatic heterocycles. The number of hydrogen-bond acceptors (Lipinski definition) is 4. The maximum absolute atomic E-state index is 13.8. The minimum absolute atomic E-state index is 0.0194. The number of ether oxygens (including phenoxy) is 2. The molecule has 2 aromatic carbocycles. The highest BCUT2D eigenvalue weighted by Crippen LogP contribution is 2.30. The molecule has 0 saturated carbocycles. The van der Waals surface area contributed by atoms with Gasteiger partial charge in [-0.15, -0.1) is 0 Å². The summed E-state index contributed by atoms with van der Waals surface area (Å²) < 4.78 is 47.1. The van der Waals surface area contributed by atoms with Crippen LogP contribution in [0.4, 0.5) is 30.2 Å². The smallest absolute Gasteiger partial charge is 0.387 e. The van der Waals surface area contributed by atoms with Crippen molar-refractivity contribution in [2.75, 3.05) is 18.2 Å². The molecule has 0 atom stereocenters. The molecule has 21 heavy (non-hydrogen) atoms. The maximum Gasteiger partial charge on any atom is 0.387 e. The molecule has 0 aliphatic heterocycles. The molecule has 3 N–H and O–H groups in total. The van der Waals surface area contributed by atoms with Crippen LogP contribution in [0.3, 0.4) is 0 Å². The molecule has 0 radical (unpaired) electrons. The van der Waals surface area contributed by atoms with E-state index in [2.05, 4.69) is 10.1 Å². The van der Waals surface area contributed by atoms with Gasteiger partial charge in [0.2, 0.25) is 0 Å². The molecule has 0 aliphatic carbocycles. The highest BCUT2D eigenvalue weighted by atomic mass is 19.3. The van der Waals surface area contributed by atoms with Gasteiger partial charge in [-0.25, -0.2) is 4.39 Å². The summed E-state index contributed by atoms with van der Waals surface area (Å²) in [7, 11) is 1.42. The van der Waals surface area contributed by atoms with Crippen LogP contribution in [0.5, 0.6) is 11.5 Å². The Hall–Kier alpha value is -2.57. The Labute approximate surface area is 119 Å². The Bertz CT molecular complexity index is 618. The van der Waals surface area contributed by atoms with E-state index in [-0.39, 0.29) is 17.1 Å². The van der Waals surface area contributed by atoms with E-state index in [9.17, 15) is 13.2 Å². The third kappa shape index (κ3) is 3.71. The van der Waals surface area contributed by atoms with Crippen LogP contribution in [0, 0.1) is 5.82 Å². The number of nitrogens with one attached hydrogen (secondary N) is 1. The summed E-state index contributed by atoms with van der Waals surface area (Å²) in [6.45, 7) is -2.89. The van der Waals surface area contributed by atoms with Crippen LogP contribution >= 0.6 is 0 Å². The van der Waals surface area contributed by atoms with Crippen molar-refractivity contribution in [2.45, 2.75) is 6.61 Å². The van der Waals surface area contributed by atoms with E-state index >= 15 is 0 Å². The number of rotatable bonds is 5. The number of methoxy groups -OCH3 is 1. The van der Waals surface area contributed by atoms with Crippen molar-refractivity contribution in [2.24, 2.45) is 0 Å². The molecule has 2 rings (SSSR count). The van der Waals surface area contributed by atoms with Gasteiger partial charge in [-0.2, -0.15) is 8.78 Å². The topological polar surface area (TPSA) is 56.5 Å². The molecule has 0 heterocycles. The van der Waals surface area contributed by atoms with E-state index in [0.29, 0.717) is 11.4 Å². The van der Waals surface area contributed by atoms with Crippen molar-refractivity contribution in [1.29, 1.82) is 0 Å².